The predicted octanol–water partition coefficient (Wildman–Crippen LogP) is 2.57. The van der Waals surface area contributed by atoms with Gasteiger partial charge < -0.3 is 19.1 Å². The average Bonchev–Trinajstić information content (AvgIpc) is 2.81. The summed E-state index contributed by atoms with van der Waals surface area (Å²) in [5.74, 6) is -0.964. The van der Waals surface area contributed by atoms with Crippen LogP contribution in [-0.2, 0) is 24.3 Å². The Kier molecular flexibility index (Phi) is 6.76. The Hall–Kier alpha value is -3.18. The van der Waals surface area contributed by atoms with E-state index in [4.69, 9.17) is 14.2 Å². The molecule has 1 saturated heterocycles. The first kappa shape index (κ1) is 24.0. The maximum atomic E-state index is 13.3. The Bertz CT molecular complexity index is 1190. The number of halogens is 1. The van der Waals surface area contributed by atoms with Gasteiger partial charge in [-0.05, 0) is 55.3 Å². The van der Waals surface area contributed by atoms with Crippen LogP contribution in [0, 0.1) is 5.82 Å². The lowest BCUT2D eigenvalue weighted by molar-refractivity contribution is -0.151. The van der Waals surface area contributed by atoms with Gasteiger partial charge in [-0.3, -0.25) is 14.3 Å². The minimum absolute atomic E-state index is 0.107. The maximum Gasteiger partial charge on any atom is 0.308 e. The molecule has 3 atom stereocenters. The molecule has 4 rings (SSSR count). The minimum atomic E-state index is -3.98. The fourth-order valence-electron chi connectivity index (χ4n) is 4.19. The van der Waals surface area contributed by atoms with Crippen molar-refractivity contribution in [2.45, 2.75) is 42.4 Å². The summed E-state index contributed by atoms with van der Waals surface area (Å²) in [6.07, 6.45) is 0.582. The second-order valence-electron chi connectivity index (χ2n) is 8.22. The second kappa shape index (κ2) is 9.59. The molecule has 2 heterocycles. The molecule has 34 heavy (non-hydrogen) atoms. The Morgan fingerprint density at radius 2 is 1.94 bits per heavy atom. The molecule has 182 valence electrons. The monoisotopic (exact) mass is 492 g/mol. The predicted molar refractivity (Wildman–Crippen MR) is 120 cm³/mol. The number of amides is 1. The fourth-order valence-corrected chi connectivity index (χ4v) is 5.24. The van der Waals surface area contributed by atoms with E-state index in [9.17, 15) is 22.4 Å². The quantitative estimate of drug-likeness (QED) is 0.639. The van der Waals surface area contributed by atoms with Crippen molar-refractivity contribution in [2.75, 3.05) is 25.5 Å². The lowest BCUT2D eigenvalue weighted by atomic mass is 9.94. The van der Waals surface area contributed by atoms with Crippen molar-refractivity contribution in [1.82, 2.24) is 4.90 Å². The molecule has 2 aromatic rings. The van der Waals surface area contributed by atoms with E-state index >= 15 is 0 Å². The highest BCUT2D eigenvalue weighted by Crippen LogP contribution is 2.33. The van der Waals surface area contributed by atoms with Gasteiger partial charge in [0.15, 0.2) is 0 Å². The third-order valence-electron chi connectivity index (χ3n) is 6.01. The highest BCUT2D eigenvalue weighted by molar-refractivity contribution is 7.92. The maximum absolute atomic E-state index is 13.3. The molecule has 2 aliphatic heterocycles. The van der Waals surface area contributed by atoms with E-state index in [0.29, 0.717) is 18.6 Å². The van der Waals surface area contributed by atoms with Crippen LogP contribution in [0.15, 0.2) is 47.4 Å². The number of rotatable bonds is 5. The number of esters is 1. The summed E-state index contributed by atoms with van der Waals surface area (Å²) >= 11 is 0. The van der Waals surface area contributed by atoms with Crippen molar-refractivity contribution in [2.24, 2.45) is 0 Å². The smallest absolute Gasteiger partial charge is 0.308 e. The van der Waals surface area contributed by atoms with Crippen molar-refractivity contribution in [3.8, 4) is 5.75 Å². The minimum Gasteiger partial charge on any atom is -0.490 e. The van der Waals surface area contributed by atoms with Gasteiger partial charge in [0.1, 0.15) is 24.3 Å². The topological polar surface area (TPSA) is 111 Å². The van der Waals surface area contributed by atoms with Gasteiger partial charge in [-0.15, -0.1) is 0 Å². The molecule has 0 unspecified atom stereocenters. The molecule has 0 aliphatic carbocycles. The first-order chi connectivity index (χ1) is 16.2. The Morgan fingerprint density at radius 3 is 2.65 bits per heavy atom. The van der Waals surface area contributed by atoms with E-state index in [0.717, 1.165) is 24.3 Å². The molecular formula is C23H25FN2O7S. The number of carbonyl (C=O) groups excluding carboxylic acids is 2. The third kappa shape index (κ3) is 5.00. The van der Waals surface area contributed by atoms with Crippen LogP contribution in [0.25, 0.3) is 0 Å². The number of ether oxygens (including phenoxy) is 3. The molecule has 11 heteroatoms. The summed E-state index contributed by atoms with van der Waals surface area (Å²) in [4.78, 5) is 26.3. The Balaban J connectivity index is 1.55. The number of hydrogen-bond donors (Lipinski definition) is 1. The van der Waals surface area contributed by atoms with E-state index in [2.05, 4.69) is 4.72 Å². The average molecular weight is 493 g/mol. The summed E-state index contributed by atoms with van der Waals surface area (Å²) in [5.41, 5.74) is 0.375. The van der Waals surface area contributed by atoms with Crippen molar-refractivity contribution >= 4 is 27.6 Å². The summed E-state index contributed by atoms with van der Waals surface area (Å²) in [7, 11) is -0.997. The first-order valence-electron chi connectivity index (χ1n) is 10.7. The zero-order valence-electron chi connectivity index (χ0n) is 18.7. The number of carbonyl (C=O) groups is 2. The molecular weight excluding hydrogens is 467 g/mol. The molecule has 2 aliphatic rings. The van der Waals surface area contributed by atoms with Gasteiger partial charge in [-0.25, -0.2) is 12.8 Å². The van der Waals surface area contributed by atoms with E-state index in [-0.39, 0.29) is 53.2 Å². The van der Waals surface area contributed by atoms with Gasteiger partial charge in [0.25, 0.3) is 15.9 Å². The van der Waals surface area contributed by atoms with Crippen molar-refractivity contribution in [3.63, 3.8) is 0 Å². The zero-order valence-corrected chi connectivity index (χ0v) is 19.5. The Labute approximate surface area is 196 Å². The first-order valence-corrected chi connectivity index (χ1v) is 12.2. The summed E-state index contributed by atoms with van der Waals surface area (Å²) in [5, 5.41) is 0. The largest absolute Gasteiger partial charge is 0.490 e. The van der Waals surface area contributed by atoms with Crippen molar-refractivity contribution in [1.29, 1.82) is 0 Å². The molecule has 0 radical (unpaired) electrons. The van der Waals surface area contributed by atoms with Crippen LogP contribution in [-0.4, -0.2) is 64.2 Å². The number of likely N-dealkylation sites (N-methyl/N-ethyl adjacent to an activating group) is 1. The van der Waals surface area contributed by atoms with Gasteiger partial charge in [0.2, 0.25) is 0 Å². The summed E-state index contributed by atoms with van der Waals surface area (Å²) in [6.45, 7) is 0.160. The molecule has 2 aromatic carbocycles. The normalized spacial score (nSPS) is 22.5. The lowest BCUT2D eigenvalue weighted by Gasteiger charge is -2.42. The molecule has 1 N–H and O–H groups in total. The van der Waals surface area contributed by atoms with Crippen LogP contribution in [0.3, 0.4) is 0 Å². The van der Waals surface area contributed by atoms with Crippen LogP contribution in [0.1, 0.15) is 29.6 Å². The van der Waals surface area contributed by atoms with Crippen LogP contribution < -0.4 is 9.46 Å². The number of benzene rings is 2. The van der Waals surface area contributed by atoms with Gasteiger partial charge in [-0.1, -0.05) is 0 Å². The number of nitrogens with zero attached hydrogens (tertiary/aromatic N) is 1. The molecule has 0 saturated carbocycles. The number of hydrogen-bond acceptors (Lipinski definition) is 7. The SMILES string of the molecule is COC(=O)C[C@@H]1CC[C@H]2[C@H](COc3ccc(NS(=O)(=O)c4ccc(F)cc4)cc3C(=O)N2C)O1. The van der Waals surface area contributed by atoms with Crippen molar-refractivity contribution < 1.29 is 36.6 Å². The zero-order chi connectivity index (χ0) is 24.5. The van der Waals surface area contributed by atoms with Gasteiger partial charge >= 0.3 is 5.97 Å². The molecule has 1 amide bonds. The van der Waals surface area contributed by atoms with Crippen LogP contribution >= 0.6 is 0 Å². The number of methoxy groups -OCH3 is 1. The van der Waals surface area contributed by atoms with Gasteiger partial charge in [0, 0.05) is 12.7 Å². The molecule has 9 nitrogen and oxygen atoms in total. The number of nitrogens with one attached hydrogen (secondary N) is 1. The summed E-state index contributed by atoms with van der Waals surface area (Å²) < 4.78 is 57.5. The van der Waals surface area contributed by atoms with E-state index in [1.807, 2.05) is 0 Å². The molecule has 0 spiro atoms. The fraction of sp³-hybridized carbons (Fsp3) is 0.391. The number of fused-ring (bicyclic) bond motifs is 2. The standard InChI is InChI=1S/C23H25FN2O7S/c1-26-19-9-6-16(12-22(27)31-2)33-21(19)13-32-20-10-5-15(11-18(20)23(26)28)25-34(29,30)17-7-3-14(24)4-8-17/h3-5,7-8,10-11,16,19,21,25H,6,9,12-13H2,1-2H3/t16-,19-,21-/m0/s1. The van der Waals surface area contributed by atoms with E-state index in [1.54, 1.807) is 11.9 Å². The van der Waals surface area contributed by atoms with Crippen molar-refractivity contribution in [3.05, 3.63) is 53.8 Å². The molecule has 1 fully saturated rings. The van der Waals surface area contributed by atoms with E-state index < -0.39 is 21.9 Å². The Morgan fingerprint density at radius 1 is 1.21 bits per heavy atom. The highest BCUT2D eigenvalue weighted by Gasteiger charge is 2.39. The highest BCUT2D eigenvalue weighted by atomic mass is 32.2. The second-order valence-corrected chi connectivity index (χ2v) is 9.90. The van der Waals surface area contributed by atoms with Crippen LogP contribution in [0.4, 0.5) is 10.1 Å². The van der Waals surface area contributed by atoms with Gasteiger partial charge in [-0.2, -0.15) is 0 Å². The summed E-state index contributed by atoms with van der Waals surface area (Å²) in [6, 6.07) is 8.56. The van der Waals surface area contributed by atoms with Crippen LogP contribution in [0.5, 0.6) is 5.75 Å². The number of sulfonamides is 1. The third-order valence-corrected chi connectivity index (χ3v) is 7.41. The lowest BCUT2D eigenvalue weighted by Crippen LogP contribution is -2.53. The number of anilines is 1. The molecule has 0 bridgehead atoms. The van der Waals surface area contributed by atoms with Gasteiger partial charge in [0.05, 0.1) is 36.1 Å². The molecule has 0 aromatic heterocycles. The van der Waals surface area contributed by atoms with Crippen LogP contribution in [0.2, 0.25) is 0 Å². The van der Waals surface area contributed by atoms with E-state index in [1.165, 1.54) is 25.3 Å².